The molecule has 1 amide bonds. The van der Waals surface area contributed by atoms with E-state index in [0.717, 1.165) is 38.2 Å². The smallest absolute Gasteiger partial charge is 0.256 e. The van der Waals surface area contributed by atoms with Crippen molar-refractivity contribution >= 4 is 45.7 Å². The minimum absolute atomic E-state index is 0.148. The molecule has 0 aliphatic heterocycles. The Morgan fingerprint density at radius 3 is 2.53 bits per heavy atom. The fourth-order valence-corrected chi connectivity index (χ4v) is 5.15. The number of hydrogen-bond acceptors (Lipinski definition) is 4. The number of fused-ring (bicyclic) bond motifs is 1. The number of aromatic nitrogens is 3. The number of amides is 1. The number of nitrogens with one attached hydrogen (secondary N) is 1. The Hall–Kier alpha value is -3.61. The topological polar surface area (TPSA) is 59.8 Å². The molecule has 5 nitrogen and oxygen atoms in total. The Morgan fingerprint density at radius 1 is 0.971 bits per heavy atom. The second kappa shape index (κ2) is 9.71. The second-order valence-corrected chi connectivity index (χ2v) is 9.15. The highest BCUT2D eigenvalue weighted by atomic mass is 35.5. The van der Waals surface area contributed by atoms with Crippen LogP contribution in [-0.4, -0.2) is 20.7 Å². The molecular weight excluding hydrogens is 464 g/mol. The van der Waals surface area contributed by atoms with Crippen molar-refractivity contribution in [2.45, 2.75) is 10.6 Å². The summed E-state index contributed by atoms with van der Waals surface area (Å²) < 4.78 is 1.67. The summed E-state index contributed by atoms with van der Waals surface area (Å²) in [7, 11) is 1.83. The SMILES string of the molecule is Cn1nc(-c2ccncc2)c(CSc2ccccc2C(=O)Nc2ccc3ccccc3c2)c1Cl. The van der Waals surface area contributed by atoms with E-state index in [1.54, 1.807) is 28.8 Å². The molecular formula is C27H21ClN4OS. The van der Waals surface area contributed by atoms with Crippen LogP contribution in [0.2, 0.25) is 5.15 Å². The van der Waals surface area contributed by atoms with Gasteiger partial charge < -0.3 is 5.32 Å². The first-order valence-electron chi connectivity index (χ1n) is 10.7. The van der Waals surface area contributed by atoms with Crippen LogP contribution in [0.1, 0.15) is 15.9 Å². The van der Waals surface area contributed by atoms with Gasteiger partial charge in [0.05, 0.1) is 11.3 Å². The molecule has 0 atom stereocenters. The molecule has 2 heterocycles. The Bertz CT molecular complexity index is 1480. The van der Waals surface area contributed by atoms with Crippen LogP contribution >= 0.6 is 23.4 Å². The number of benzene rings is 3. The van der Waals surface area contributed by atoms with E-state index in [0.29, 0.717) is 16.5 Å². The summed E-state index contributed by atoms with van der Waals surface area (Å²) in [4.78, 5) is 18.1. The lowest BCUT2D eigenvalue weighted by atomic mass is 10.1. The number of thioether (sulfide) groups is 1. The lowest BCUT2D eigenvalue weighted by Gasteiger charge is -2.11. The first-order chi connectivity index (χ1) is 16.6. The van der Waals surface area contributed by atoms with Gasteiger partial charge in [0.1, 0.15) is 5.15 Å². The van der Waals surface area contributed by atoms with Crippen LogP contribution < -0.4 is 5.32 Å². The maximum atomic E-state index is 13.2. The van der Waals surface area contributed by atoms with Crippen molar-refractivity contribution in [3.63, 3.8) is 0 Å². The van der Waals surface area contributed by atoms with Gasteiger partial charge in [-0.2, -0.15) is 5.10 Å². The zero-order chi connectivity index (χ0) is 23.5. The maximum Gasteiger partial charge on any atom is 0.256 e. The zero-order valence-electron chi connectivity index (χ0n) is 18.4. The van der Waals surface area contributed by atoms with Gasteiger partial charge in [-0.1, -0.05) is 54.1 Å². The third kappa shape index (κ3) is 4.55. The number of nitrogens with zero attached hydrogens (tertiary/aromatic N) is 3. The lowest BCUT2D eigenvalue weighted by molar-refractivity contribution is 0.102. The Morgan fingerprint density at radius 2 is 1.71 bits per heavy atom. The van der Waals surface area contributed by atoms with Crippen LogP contribution in [0.15, 0.2) is 96.2 Å². The molecule has 2 aromatic heterocycles. The van der Waals surface area contributed by atoms with Crippen LogP contribution in [0.3, 0.4) is 0 Å². The monoisotopic (exact) mass is 484 g/mol. The first-order valence-corrected chi connectivity index (χ1v) is 12.1. The van der Waals surface area contributed by atoms with Gasteiger partial charge in [0, 0.05) is 46.9 Å². The average molecular weight is 485 g/mol. The highest BCUT2D eigenvalue weighted by Crippen LogP contribution is 2.35. The number of anilines is 1. The summed E-state index contributed by atoms with van der Waals surface area (Å²) >= 11 is 8.14. The molecule has 7 heteroatoms. The normalized spacial score (nSPS) is 11.0. The highest BCUT2D eigenvalue weighted by molar-refractivity contribution is 7.98. The molecule has 0 spiro atoms. The van der Waals surface area contributed by atoms with Crippen molar-refractivity contribution in [1.29, 1.82) is 0 Å². The van der Waals surface area contributed by atoms with Gasteiger partial charge >= 0.3 is 0 Å². The van der Waals surface area contributed by atoms with Crippen molar-refractivity contribution < 1.29 is 4.79 Å². The number of carbonyl (C=O) groups excluding carboxylic acids is 1. The Kier molecular flexibility index (Phi) is 6.34. The fraction of sp³-hybridized carbons (Fsp3) is 0.0741. The molecule has 0 saturated carbocycles. The van der Waals surface area contributed by atoms with Crippen LogP contribution in [0.25, 0.3) is 22.0 Å². The van der Waals surface area contributed by atoms with Crippen molar-refractivity contribution in [1.82, 2.24) is 14.8 Å². The molecule has 0 aliphatic carbocycles. The molecule has 1 N–H and O–H groups in total. The van der Waals surface area contributed by atoms with E-state index >= 15 is 0 Å². The van der Waals surface area contributed by atoms with E-state index < -0.39 is 0 Å². The predicted octanol–water partition coefficient (Wildman–Crippen LogP) is 6.83. The number of aryl methyl sites for hydroxylation is 1. The quantitative estimate of drug-likeness (QED) is 0.268. The molecule has 0 saturated heterocycles. The molecule has 34 heavy (non-hydrogen) atoms. The van der Waals surface area contributed by atoms with E-state index in [9.17, 15) is 4.79 Å². The summed E-state index contributed by atoms with van der Waals surface area (Å²) in [6.45, 7) is 0. The van der Waals surface area contributed by atoms with E-state index in [4.69, 9.17) is 11.6 Å². The van der Waals surface area contributed by atoms with Gasteiger partial charge in [-0.15, -0.1) is 11.8 Å². The van der Waals surface area contributed by atoms with Crippen molar-refractivity contribution in [2.24, 2.45) is 7.05 Å². The van der Waals surface area contributed by atoms with E-state index in [1.165, 1.54) is 0 Å². The minimum atomic E-state index is -0.148. The summed E-state index contributed by atoms with van der Waals surface area (Å²) in [6, 6.07) is 25.4. The zero-order valence-corrected chi connectivity index (χ0v) is 20.0. The van der Waals surface area contributed by atoms with Gasteiger partial charge in [0.15, 0.2) is 0 Å². The molecule has 0 fully saturated rings. The second-order valence-electron chi connectivity index (χ2n) is 7.78. The number of halogens is 1. The lowest BCUT2D eigenvalue weighted by Crippen LogP contribution is -2.13. The molecule has 168 valence electrons. The van der Waals surface area contributed by atoms with Gasteiger partial charge in [-0.3, -0.25) is 14.5 Å². The number of rotatable bonds is 6. The number of carbonyl (C=O) groups is 1. The standard InChI is InChI=1S/C27H21ClN4OS/c1-32-26(28)23(25(31-32)19-12-14-29-15-13-19)17-34-24-9-5-4-8-22(24)27(33)30-21-11-10-18-6-2-3-7-20(18)16-21/h2-16H,17H2,1H3,(H,30,33). The largest absolute Gasteiger partial charge is 0.322 e. The highest BCUT2D eigenvalue weighted by Gasteiger charge is 2.18. The summed E-state index contributed by atoms with van der Waals surface area (Å²) in [5.41, 5.74) is 4.07. The Balaban J connectivity index is 1.38. The van der Waals surface area contributed by atoms with Gasteiger partial charge in [0.25, 0.3) is 5.91 Å². The molecule has 3 aromatic carbocycles. The van der Waals surface area contributed by atoms with E-state index in [2.05, 4.69) is 21.5 Å². The predicted molar refractivity (Wildman–Crippen MR) is 139 cm³/mol. The minimum Gasteiger partial charge on any atom is -0.322 e. The number of hydrogen-bond donors (Lipinski definition) is 1. The molecule has 5 aromatic rings. The molecule has 0 unspecified atom stereocenters. The van der Waals surface area contributed by atoms with Crippen molar-refractivity contribution in [2.75, 3.05) is 5.32 Å². The van der Waals surface area contributed by atoms with Crippen LogP contribution in [0.5, 0.6) is 0 Å². The van der Waals surface area contributed by atoms with Crippen LogP contribution in [0, 0.1) is 0 Å². The maximum absolute atomic E-state index is 13.2. The van der Waals surface area contributed by atoms with Crippen LogP contribution in [0.4, 0.5) is 5.69 Å². The molecule has 0 bridgehead atoms. The summed E-state index contributed by atoms with van der Waals surface area (Å²) in [6.07, 6.45) is 3.47. The van der Waals surface area contributed by atoms with Crippen molar-refractivity contribution in [3.05, 3.63) is 108 Å². The molecule has 5 rings (SSSR count). The van der Waals surface area contributed by atoms with Crippen molar-refractivity contribution in [3.8, 4) is 11.3 Å². The van der Waals surface area contributed by atoms with E-state index in [-0.39, 0.29) is 5.91 Å². The van der Waals surface area contributed by atoms with Gasteiger partial charge in [0.2, 0.25) is 0 Å². The molecule has 0 radical (unpaired) electrons. The average Bonchev–Trinajstić information content (AvgIpc) is 3.16. The molecule has 0 aliphatic rings. The van der Waals surface area contributed by atoms with Crippen LogP contribution in [-0.2, 0) is 12.8 Å². The summed E-state index contributed by atoms with van der Waals surface area (Å²) in [5, 5.41) is 10.4. The van der Waals surface area contributed by atoms with Gasteiger partial charge in [-0.25, -0.2) is 0 Å². The fourth-order valence-electron chi connectivity index (χ4n) is 3.81. The first kappa shape index (κ1) is 22.2. The third-order valence-electron chi connectivity index (χ3n) is 5.53. The summed E-state index contributed by atoms with van der Waals surface area (Å²) in [5.74, 6) is 0.426. The third-order valence-corrected chi connectivity index (χ3v) is 7.11. The number of pyridine rings is 1. The Labute approximate surface area is 206 Å². The van der Waals surface area contributed by atoms with Gasteiger partial charge in [-0.05, 0) is 47.2 Å². The van der Waals surface area contributed by atoms with E-state index in [1.807, 2.05) is 79.8 Å².